The van der Waals surface area contributed by atoms with E-state index in [-0.39, 0.29) is 12.1 Å². The molecule has 0 spiro atoms. The van der Waals surface area contributed by atoms with E-state index < -0.39 is 0 Å². The Morgan fingerprint density at radius 2 is 1.95 bits per heavy atom. The largest absolute Gasteiger partial charge is 0.372 e. The summed E-state index contributed by atoms with van der Waals surface area (Å²) in [7, 11) is 0. The lowest BCUT2D eigenvalue weighted by Crippen LogP contribution is -2.30. The first-order valence-corrected chi connectivity index (χ1v) is 7.63. The Morgan fingerprint density at radius 1 is 1.16 bits per heavy atom. The second-order valence-electron chi connectivity index (χ2n) is 4.57. The predicted octanol–water partition coefficient (Wildman–Crippen LogP) is 3.79. The van der Waals surface area contributed by atoms with E-state index in [0.717, 1.165) is 12.8 Å². The van der Waals surface area contributed by atoms with Crippen molar-refractivity contribution in [1.29, 1.82) is 0 Å². The Kier molecular flexibility index (Phi) is 5.58. The second kappa shape index (κ2) is 7.43. The number of thiophene rings is 1. The number of hydrogen-bond acceptors (Lipinski definition) is 3. The highest BCUT2D eigenvalue weighted by molar-refractivity contribution is 7.09. The molecule has 0 saturated heterocycles. The quantitative estimate of drug-likeness (QED) is 0.834. The summed E-state index contributed by atoms with van der Waals surface area (Å²) in [4.78, 5) is 1.39. The zero-order valence-corrected chi connectivity index (χ0v) is 12.1. The molecule has 0 radical (unpaired) electrons. The first kappa shape index (κ1) is 14.3. The molecule has 0 aliphatic rings. The molecule has 2 atom stereocenters. The van der Waals surface area contributed by atoms with Gasteiger partial charge in [-0.15, -0.1) is 11.3 Å². The maximum absolute atomic E-state index is 6.33. The Bertz CT molecular complexity index is 455. The van der Waals surface area contributed by atoms with Gasteiger partial charge < -0.3 is 10.5 Å². The number of benzene rings is 1. The van der Waals surface area contributed by atoms with Gasteiger partial charge in [0.1, 0.15) is 0 Å². The van der Waals surface area contributed by atoms with Gasteiger partial charge in [0.25, 0.3) is 0 Å². The van der Waals surface area contributed by atoms with Gasteiger partial charge in [-0.2, -0.15) is 0 Å². The Balaban J connectivity index is 1.98. The molecule has 0 fully saturated rings. The third-order valence-electron chi connectivity index (χ3n) is 3.17. The molecule has 1 heterocycles. The second-order valence-corrected chi connectivity index (χ2v) is 5.60. The maximum atomic E-state index is 6.33. The summed E-state index contributed by atoms with van der Waals surface area (Å²) in [5.74, 6) is 0. The summed E-state index contributed by atoms with van der Waals surface area (Å²) in [6.07, 6.45) is 1.96. The molecular weight excluding hydrogens is 254 g/mol. The van der Waals surface area contributed by atoms with Crippen molar-refractivity contribution in [3.05, 3.63) is 58.3 Å². The fraction of sp³-hybridized carbons (Fsp3) is 0.375. The average molecular weight is 275 g/mol. The number of rotatable bonds is 7. The Morgan fingerprint density at radius 3 is 2.58 bits per heavy atom. The standard InChI is InChI=1S/C16H21NOS/c1-2-18-16(13-7-4-3-5-8-13)15(17)11-10-14-9-6-12-19-14/h3-9,12,15-16H,2,10-11,17H2,1H3. The van der Waals surface area contributed by atoms with Crippen LogP contribution < -0.4 is 5.73 Å². The number of aryl methyl sites for hydroxylation is 1. The predicted molar refractivity (Wildman–Crippen MR) is 81.4 cm³/mol. The topological polar surface area (TPSA) is 35.2 Å². The third-order valence-corrected chi connectivity index (χ3v) is 4.10. The maximum Gasteiger partial charge on any atom is 0.0975 e. The first-order chi connectivity index (χ1) is 9.31. The molecule has 2 unspecified atom stereocenters. The Hall–Kier alpha value is -1.16. The SMILES string of the molecule is CCOC(c1ccccc1)C(N)CCc1cccs1. The van der Waals surface area contributed by atoms with Crippen LogP contribution in [0.15, 0.2) is 47.8 Å². The third kappa shape index (κ3) is 4.16. The van der Waals surface area contributed by atoms with Crippen molar-refractivity contribution < 1.29 is 4.74 Å². The van der Waals surface area contributed by atoms with Crippen LogP contribution in [0, 0.1) is 0 Å². The van der Waals surface area contributed by atoms with Crippen LogP contribution in [0.25, 0.3) is 0 Å². The zero-order valence-electron chi connectivity index (χ0n) is 11.3. The summed E-state index contributed by atoms with van der Waals surface area (Å²) in [5.41, 5.74) is 7.50. The van der Waals surface area contributed by atoms with Crippen molar-refractivity contribution in [2.45, 2.75) is 31.9 Å². The molecule has 0 amide bonds. The normalized spacial score (nSPS) is 14.2. The van der Waals surface area contributed by atoms with Crippen LogP contribution in [0.3, 0.4) is 0 Å². The molecule has 2 aromatic rings. The van der Waals surface area contributed by atoms with Crippen molar-refractivity contribution in [3.8, 4) is 0 Å². The minimum Gasteiger partial charge on any atom is -0.372 e. The highest BCUT2D eigenvalue weighted by atomic mass is 32.1. The van der Waals surface area contributed by atoms with Crippen LogP contribution in [0.4, 0.5) is 0 Å². The zero-order chi connectivity index (χ0) is 13.5. The van der Waals surface area contributed by atoms with Crippen molar-refractivity contribution in [2.24, 2.45) is 5.73 Å². The van der Waals surface area contributed by atoms with Crippen molar-refractivity contribution in [2.75, 3.05) is 6.61 Å². The molecule has 1 aromatic carbocycles. The van der Waals surface area contributed by atoms with Gasteiger partial charge in [-0.05, 0) is 36.8 Å². The van der Waals surface area contributed by atoms with Crippen LogP contribution in [-0.2, 0) is 11.2 Å². The van der Waals surface area contributed by atoms with Crippen molar-refractivity contribution in [3.63, 3.8) is 0 Å². The van der Waals surface area contributed by atoms with Crippen molar-refractivity contribution in [1.82, 2.24) is 0 Å². The average Bonchev–Trinajstić information content (AvgIpc) is 2.96. The minimum absolute atomic E-state index is 0.00818. The fourth-order valence-corrected chi connectivity index (χ4v) is 2.93. The van der Waals surface area contributed by atoms with Crippen molar-refractivity contribution >= 4 is 11.3 Å². The van der Waals surface area contributed by atoms with Gasteiger partial charge in [0.15, 0.2) is 0 Å². The molecule has 0 bridgehead atoms. The lowest BCUT2D eigenvalue weighted by Gasteiger charge is -2.24. The van der Waals surface area contributed by atoms with Gasteiger partial charge in [0.2, 0.25) is 0 Å². The molecule has 0 aliphatic carbocycles. The van der Waals surface area contributed by atoms with Crippen LogP contribution in [0.1, 0.15) is 29.9 Å². The van der Waals surface area contributed by atoms with Crippen LogP contribution in [0.2, 0.25) is 0 Å². The van der Waals surface area contributed by atoms with E-state index in [9.17, 15) is 0 Å². The summed E-state index contributed by atoms with van der Waals surface area (Å²) >= 11 is 1.79. The lowest BCUT2D eigenvalue weighted by atomic mass is 9.98. The summed E-state index contributed by atoms with van der Waals surface area (Å²) in [6.45, 7) is 2.70. The van der Waals surface area contributed by atoms with Crippen LogP contribution in [0.5, 0.6) is 0 Å². The van der Waals surface area contributed by atoms with E-state index in [0.29, 0.717) is 6.61 Å². The van der Waals surface area contributed by atoms with Crippen LogP contribution in [-0.4, -0.2) is 12.6 Å². The van der Waals surface area contributed by atoms with E-state index in [1.807, 2.05) is 25.1 Å². The fourth-order valence-electron chi connectivity index (χ4n) is 2.20. The van der Waals surface area contributed by atoms with E-state index in [4.69, 9.17) is 10.5 Å². The van der Waals surface area contributed by atoms with Gasteiger partial charge in [0.05, 0.1) is 6.10 Å². The molecule has 0 saturated carbocycles. The summed E-state index contributed by atoms with van der Waals surface area (Å²) in [5, 5.41) is 2.11. The highest BCUT2D eigenvalue weighted by Crippen LogP contribution is 2.23. The van der Waals surface area contributed by atoms with E-state index >= 15 is 0 Å². The van der Waals surface area contributed by atoms with Crippen LogP contribution >= 0.6 is 11.3 Å². The van der Waals surface area contributed by atoms with E-state index in [1.165, 1.54) is 10.4 Å². The monoisotopic (exact) mass is 275 g/mol. The van der Waals surface area contributed by atoms with E-state index in [2.05, 4.69) is 29.6 Å². The summed E-state index contributed by atoms with van der Waals surface area (Å²) < 4.78 is 5.84. The minimum atomic E-state index is -0.00818. The smallest absolute Gasteiger partial charge is 0.0975 e. The van der Waals surface area contributed by atoms with Gasteiger partial charge in [-0.3, -0.25) is 0 Å². The number of nitrogens with two attached hydrogens (primary N) is 1. The molecule has 2 nitrogen and oxygen atoms in total. The molecule has 0 aliphatic heterocycles. The first-order valence-electron chi connectivity index (χ1n) is 6.75. The molecule has 2 N–H and O–H groups in total. The molecule has 102 valence electrons. The number of ether oxygens (including phenoxy) is 1. The molecule has 2 rings (SSSR count). The molecular formula is C16H21NOS. The Labute approximate surface area is 119 Å². The van der Waals surface area contributed by atoms with Gasteiger partial charge in [0, 0.05) is 17.5 Å². The number of hydrogen-bond donors (Lipinski definition) is 1. The van der Waals surface area contributed by atoms with Gasteiger partial charge >= 0.3 is 0 Å². The summed E-state index contributed by atoms with van der Waals surface area (Å²) in [6, 6.07) is 14.5. The van der Waals surface area contributed by atoms with Gasteiger partial charge in [-0.25, -0.2) is 0 Å². The highest BCUT2D eigenvalue weighted by Gasteiger charge is 2.19. The molecule has 3 heteroatoms. The lowest BCUT2D eigenvalue weighted by molar-refractivity contribution is 0.0413. The van der Waals surface area contributed by atoms with Gasteiger partial charge in [-0.1, -0.05) is 36.4 Å². The molecule has 1 aromatic heterocycles. The van der Waals surface area contributed by atoms with E-state index in [1.54, 1.807) is 11.3 Å². The molecule has 19 heavy (non-hydrogen) atoms.